The summed E-state index contributed by atoms with van der Waals surface area (Å²) in [6.07, 6.45) is 71.9. The summed E-state index contributed by atoms with van der Waals surface area (Å²) in [6.45, 7) is 4.93. The smallest absolute Gasteiger partial charge is 0.305 e. The van der Waals surface area contributed by atoms with Crippen LogP contribution in [-0.2, 0) is 14.3 Å². The molecule has 6 nitrogen and oxygen atoms in total. The monoisotopic (exact) mass is 972 g/mol. The van der Waals surface area contributed by atoms with Crippen LogP contribution >= 0.6 is 0 Å². The Bertz CT molecular complexity index is 1080. The number of aliphatic hydroxyl groups excluding tert-OH is 2. The van der Waals surface area contributed by atoms with E-state index in [1.54, 1.807) is 0 Å². The van der Waals surface area contributed by atoms with Crippen molar-refractivity contribution in [1.82, 2.24) is 5.32 Å². The minimum Gasteiger partial charge on any atom is -0.466 e. The number of unbranched alkanes of at least 4 members (excludes halogenated alkanes) is 43. The molecule has 0 rings (SSSR count). The molecule has 3 N–H and O–H groups in total. The maximum atomic E-state index is 12.4. The minimum absolute atomic E-state index is 0.00982. The van der Waals surface area contributed by atoms with Crippen molar-refractivity contribution in [3.63, 3.8) is 0 Å². The quantitative estimate of drug-likeness (QED) is 0.0321. The Balaban J connectivity index is 3.34. The van der Waals surface area contributed by atoms with E-state index in [9.17, 15) is 19.8 Å². The molecule has 0 aromatic carbocycles. The molecule has 2 atom stereocenters. The number of aliphatic hydroxyl groups is 2. The molecule has 0 aliphatic heterocycles. The Labute approximate surface area is 431 Å². The lowest BCUT2D eigenvalue weighted by molar-refractivity contribution is -0.143. The highest BCUT2D eigenvalue weighted by Gasteiger charge is 2.20. The number of carbonyl (C=O) groups is 2. The molecule has 0 heterocycles. The largest absolute Gasteiger partial charge is 0.466 e. The molecule has 0 bridgehead atoms. The highest BCUT2D eigenvalue weighted by atomic mass is 16.5. The van der Waals surface area contributed by atoms with Crippen molar-refractivity contribution in [3.05, 3.63) is 24.3 Å². The molecule has 0 spiro atoms. The van der Waals surface area contributed by atoms with Gasteiger partial charge in [0.15, 0.2) is 0 Å². The van der Waals surface area contributed by atoms with Crippen LogP contribution in [0.25, 0.3) is 0 Å². The maximum absolute atomic E-state index is 12.4. The van der Waals surface area contributed by atoms with E-state index in [4.69, 9.17) is 4.74 Å². The number of carbonyl (C=O) groups excluding carboxylic acids is 2. The number of nitrogens with one attached hydrogen (secondary N) is 1. The highest BCUT2D eigenvalue weighted by molar-refractivity contribution is 5.76. The average molecular weight is 973 g/mol. The first-order chi connectivity index (χ1) is 34.0. The second-order valence-electron chi connectivity index (χ2n) is 21.4. The van der Waals surface area contributed by atoms with Crippen LogP contribution in [0.4, 0.5) is 0 Å². The van der Waals surface area contributed by atoms with Gasteiger partial charge in [-0.3, -0.25) is 9.59 Å². The van der Waals surface area contributed by atoms with Gasteiger partial charge in [0.1, 0.15) is 0 Å². The van der Waals surface area contributed by atoms with Crippen LogP contribution in [0.1, 0.15) is 341 Å². The molecule has 6 heteroatoms. The fourth-order valence-corrected chi connectivity index (χ4v) is 9.73. The predicted octanol–water partition coefficient (Wildman–Crippen LogP) is 19.4. The van der Waals surface area contributed by atoms with Crippen LogP contribution < -0.4 is 5.32 Å². The van der Waals surface area contributed by atoms with Crippen LogP contribution in [0.2, 0.25) is 0 Å². The van der Waals surface area contributed by atoms with Crippen LogP contribution in [-0.4, -0.2) is 47.4 Å². The Morgan fingerprint density at radius 2 is 0.725 bits per heavy atom. The first kappa shape index (κ1) is 67.3. The third-order valence-corrected chi connectivity index (χ3v) is 14.5. The zero-order valence-electron chi connectivity index (χ0n) is 46.6. The topological polar surface area (TPSA) is 95.9 Å². The van der Waals surface area contributed by atoms with Crippen LogP contribution in [0.3, 0.4) is 0 Å². The van der Waals surface area contributed by atoms with E-state index in [1.165, 1.54) is 257 Å². The standard InChI is InChI=1S/C63H121NO5/c1-3-5-7-9-11-13-15-16-17-18-23-27-30-33-37-41-45-49-53-57-63(68)69-58-54-50-46-42-38-34-31-28-25-22-20-19-21-24-26-29-32-36-40-44-48-52-56-62(67)64-60(59-65)61(66)55-51-47-43-39-35-14-12-10-8-6-4-2/h11,13,16-17,60-61,65-66H,3-10,12,14-15,18-59H2,1-2H3,(H,64,67)/b13-11-,17-16-. The molecule has 0 radical (unpaired) electrons. The molecule has 0 aliphatic carbocycles. The van der Waals surface area contributed by atoms with Crippen molar-refractivity contribution in [3.8, 4) is 0 Å². The van der Waals surface area contributed by atoms with Gasteiger partial charge in [0, 0.05) is 12.8 Å². The van der Waals surface area contributed by atoms with Gasteiger partial charge >= 0.3 is 5.97 Å². The Morgan fingerprint density at radius 3 is 1.13 bits per heavy atom. The van der Waals surface area contributed by atoms with E-state index in [0.717, 1.165) is 51.4 Å². The van der Waals surface area contributed by atoms with Crippen LogP contribution in [0.15, 0.2) is 24.3 Å². The third kappa shape index (κ3) is 55.5. The first-order valence-corrected chi connectivity index (χ1v) is 31.1. The molecule has 0 aliphatic rings. The number of hydrogen-bond acceptors (Lipinski definition) is 5. The fraction of sp³-hybridized carbons (Fsp3) is 0.905. The predicted molar refractivity (Wildman–Crippen MR) is 301 cm³/mol. The normalized spacial score (nSPS) is 12.7. The summed E-state index contributed by atoms with van der Waals surface area (Å²) in [5.41, 5.74) is 0. The molecule has 0 aromatic heterocycles. The Kier molecular flexibility index (Phi) is 57.5. The minimum atomic E-state index is -0.663. The molecule has 0 fully saturated rings. The number of esters is 1. The van der Waals surface area contributed by atoms with Gasteiger partial charge in [0.2, 0.25) is 5.91 Å². The summed E-state index contributed by atoms with van der Waals surface area (Å²) >= 11 is 0. The van der Waals surface area contributed by atoms with Gasteiger partial charge < -0.3 is 20.3 Å². The third-order valence-electron chi connectivity index (χ3n) is 14.5. The molecule has 0 saturated heterocycles. The molecular weight excluding hydrogens is 851 g/mol. The SMILES string of the molecule is CCCCC/C=C\C/C=C\CCCCCCCCCCCC(=O)OCCCCCCCCCCCCCCCCCCCCCCCCC(=O)NC(CO)C(O)CCCCCCCCCCCCC. The number of ether oxygens (including phenoxy) is 1. The molecule has 69 heavy (non-hydrogen) atoms. The van der Waals surface area contributed by atoms with Gasteiger partial charge in [0.25, 0.3) is 0 Å². The van der Waals surface area contributed by atoms with Crippen molar-refractivity contribution in [1.29, 1.82) is 0 Å². The number of rotatable bonds is 58. The molecule has 1 amide bonds. The highest BCUT2D eigenvalue weighted by Crippen LogP contribution is 2.18. The Hall–Kier alpha value is -1.66. The molecule has 408 valence electrons. The second kappa shape index (κ2) is 58.9. The fourth-order valence-electron chi connectivity index (χ4n) is 9.73. The number of amides is 1. The van der Waals surface area contributed by atoms with Gasteiger partial charge in [-0.2, -0.15) is 0 Å². The number of hydrogen-bond donors (Lipinski definition) is 3. The van der Waals surface area contributed by atoms with Gasteiger partial charge in [0.05, 0.1) is 25.4 Å². The molecule has 0 saturated carbocycles. The molecule has 2 unspecified atom stereocenters. The van der Waals surface area contributed by atoms with Gasteiger partial charge in [-0.15, -0.1) is 0 Å². The van der Waals surface area contributed by atoms with Crippen molar-refractivity contribution < 1.29 is 24.5 Å². The van der Waals surface area contributed by atoms with Gasteiger partial charge in [-0.05, 0) is 57.8 Å². The molecule has 0 aromatic rings. The second-order valence-corrected chi connectivity index (χ2v) is 21.4. The van der Waals surface area contributed by atoms with Crippen LogP contribution in [0.5, 0.6) is 0 Å². The summed E-state index contributed by atoms with van der Waals surface area (Å²) in [6, 6.07) is -0.540. The summed E-state index contributed by atoms with van der Waals surface area (Å²) in [7, 11) is 0. The summed E-state index contributed by atoms with van der Waals surface area (Å²) < 4.78 is 5.50. The van der Waals surface area contributed by atoms with E-state index in [2.05, 4.69) is 43.5 Å². The van der Waals surface area contributed by atoms with E-state index in [1.807, 2.05) is 0 Å². The van der Waals surface area contributed by atoms with Crippen molar-refractivity contribution >= 4 is 11.9 Å². The van der Waals surface area contributed by atoms with Crippen molar-refractivity contribution in [2.45, 2.75) is 353 Å². The number of allylic oxidation sites excluding steroid dienone is 4. The lowest BCUT2D eigenvalue weighted by Gasteiger charge is -2.22. The van der Waals surface area contributed by atoms with Crippen LogP contribution in [0, 0.1) is 0 Å². The summed E-state index contributed by atoms with van der Waals surface area (Å²) in [4.78, 5) is 24.5. The van der Waals surface area contributed by atoms with Gasteiger partial charge in [-0.25, -0.2) is 0 Å². The zero-order chi connectivity index (χ0) is 50.0. The zero-order valence-corrected chi connectivity index (χ0v) is 46.6. The van der Waals surface area contributed by atoms with E-state index >= 15 is 0 Å². The lowest BCUT2D eigenvalue weighted by atomic mass is 10.0. The van der Waals surface area contributed by atoms with Gasteiger partial charge in [-0.1, -0.05) is 295 Å². The van der Waals surface area contributed by atoms with Crippen molar-refractivity contribution in [2.24, 2.45) is 0 Å². The first-order valence-electron chi connectivity index (χ1n) is 31.1. The Morgan fingerprint density at radius 1 is 0.406 bits per heavy atom. The van der Waals surface area contributed by atoms with E-state index in [-0.39, 0.29) is 18.5 Å². The summed E-state index contributed by atoms with van der Waals surface area (Å²) in [5.74, 6) is -0.0253. The average Bonchev–Trinajstić information content (AvgIpc) is 3.35. The van der Waals surface area contributed by atoms with E-state index in [0.29, 0.717) is 25.9 Å². The molecular formula is C63H121NO5. The summed E-state index contributed by atoms with van der Waals surface area (Å²) in [5, 5.41) is 23.2. The maximum Gasteiger partial charge on any atom is 0.305 e. The lowest BCUT2D eigenvalue weighted by Crippen LogP contribution is -2.45. The van der Waals surface area contributed by atoms with E-state index < -0.39 is 12.1 Å². The van der Waals surface area contributed by atoms with Crippen molar-refractivity contribution in [2.75, 3.05) is 13.2 Å².